The number of carbonyl (C=O) groups excluding carboxylic acids is 1. The van der Waals surface area contributed by atoms with E-state index in [4.69, 9.17) is 4.74 Å². The van der Waals surface area contributed by atoms with Gasteiger partial charge in [-0.25, -0.2) is 8.78 Å². The lowest BCUT2D eigenvalue weighted by Gasteiger charge is -2.42. The minimum Gasteiger partial charge on any atom is -0.491 e. The molecule has 0 aliphatic carbocycles. The van der Waals surface area contributed by atoms with Crippen molar-refractivity contribution in [3.63, 3.8) is 0 Å². The first-order chi connectivity index (χ1) is 15.5. The number of nitrogens with zero attached hydrogens (tertiary/aromatic N) is 3. The molecule has 3 heterocycles. The molecule has 0 N–H and O–H groups in total. The van der Waals surface area contributed by atoms with Gasteiger partial charge in [0.05, 0.1) is 25.4 Å². The molecule has 2 atom stereocenters. The molecular formula is C24H21F2N3O3. The zero-order valence-corrected chi connectivity index (χ0v) is 17.4. The maximum Gasteiger partial charge on any atom is 0.276 e. The highest BCUT2D eigenvalue weighted by Gasteiger charge is 2.48. The molecule has 32 heavy (non-hydrogen) atoms. The standard InChI is InChI=1S/C24H21F2N3O3/c1-32-23-19(30)13-27-29-21(18-3-2-12-28(18)24(31)22(23)29)20(14-4-8-16(25)9-5-14)15-6-10-17(26)11-7-15/h4-11,13,18,20-21H,2-3,12H2,1H3/t18-,21-/m1/s1. The number of fused-ring (bicyclic) bond motifs is 2. The average Bonchev–Trinajstić information content (AvgIpc) is 3.28. The van der Waals surface area contributed by atoms with Crippen molar-refractivity contribution in [3.05, 3.63) is 93.4 Å². The van der Waals surface area contributed by atoms with Crippen LogP contribution in [0.5, 0.6) is 5.75 Å². The van der Waals surface area contributed by atoms with Crippen molar-refractivity contribution < 1.29 is 18.3 Å². The Labute approximate surface area is 183 Å². The van der Waals surface area contributed by atoms with Gasteiger partial charge in [-0.3, -0.25) is 14.3 Å². The van der Waals surface area contributed by atoms with Crippen LogP contribution in [0.1, 0.15) is 46.4 Å². The third-order valence-electron chi connectivity index (χ3n) is 6.41. The van der Waals surface area contributed by atoms with E-state index < -0.39 is 11.5 Å². The van der Waals surface area contributed by atoms with Crippen molar-refractivity contribution in [1.82, 2.24) is 14.7 Å². The van der Waals surface area contributed by atoms with Gasteiger partial charge in [-0.15, -0.1) is 0 Å². The zero-order chi connectivity index (χ0) is 22.4. The summed E-state index contributed by atoms with van der Waals surface area (Å²) in [6, 6.07) is 11.7. The lowest BCUT2D eigenvalue weighted by atomic mass is 9.80. The van der Waals surface area contributed by atoms with Crippen LogP contribution in [0.15, 0.2) is 59.5 Å². The number of hydrogen-bond acceptors (Lipinski definition) is 4. The Balaban J connectivity index is 1.77. The van der Waals surface area contributed by atoms with Crippen LogP contribution in [0.2, 0.25) is 0 Å². The first-order valence-corrected chi connectivity index (χ1v) is 10.5. The SMILES string of the molecule is COc1c2n(ncc1=O)[C@@H](C(c1ccc(F)cc1)c1ccc(F)cc1)[C@H]1CCCN1C2=O. The van der Waals surface area contributed by atoms with Gasteiger partial charge in [0.15, 0.2) is 11.4 Å². The second-order valence-electron chi connectivity index (χ2n) is 8.11. The van der Waals surface area contributed by atoms with E-state index in [1.807, 2.05) is 0 Å². The minimum atomic E-state index is -0.469. The highest BCUT2D eigenvalue weighted by molar-refractivity contribution is 5.96. The largest absolute Gasteiger partial charge is 0.491 e. The highest BCUT2D eigenvalue weighted by Crippen LogP contribution is 2.45. The van der Waals surface area contributed by atoms with E-state index in [-0.39, 0.29) is 40.9 Å². The van der Waals surface area contributed by atoms with Gasteiger partial charge >= 0.3 is 0 Å². The van der Waals surface area contributed by atoms with E-state index in [0.717, 1.165) is 30.2 Å². The molecule has 2 aliphatic rings. The summed E-state index contributed by atoms with van der Waals surface area (Å²) < 4.78 is 34.3. The van der Waals surface area contributed by atoms with Crippen molar-refractivity contribution in [2.45, 2.75) is 30.8 Å². The van der Waals surface area contributed by atoms with E-state index in [9.17, 15) is 18.4 Å². The van der Waals surface area contributed by atoms with Gasteiger partial charge in [0.25, 0.3) is 5.91 Å². The molecule has 1 fully saturated rings. The first-order valence-electron chi connectivity index (χ1n) is 10.5. The fourth-order valence-electron chi connectivity index (χ4n) is 5.06. The summed E-state index contributed by atoms with van der Waals surface area (Å²) in [5.74, 6) is -1.43. The summed E-state index contributed by atoms with van der Waals surface area (Å²) >= 11 is 0. The number of methoxy groups -OCH3 is 1. The lowest BCUT2D eigenvalue weighted by Crippen LogP contribution is -2.51. The smallest absolute Gasteiger partial charge is 0.276 e. The van der Waals surface area contributed by atoms with E-state index >= 15 is 0 Å². The molecule has 1 amide bonds. The van der Waals surface area contributed by atoms with Crippen LogP contribution in [0.4, 0.5) is 8.78 Å². The lowest BCUT2D eigenvalue weighted by molar-refractivity contribution is 0.0564. The van der Waals surface area contributed by atoms with Gasteiger partial charge < -0.3 is 9.64 Å². The average molecular weight is 437 g/mol. The number of aromatic nitrogens is 2. The van der Waals surface area contributed by atoms with Gasteiger partial charge in [0.1, 0.15) is 11.6 Å². The molecular weight excluding hydrogens is 416 g/mol. The predicted molar refractivity (Wildman–Crippen MR) is 113 cm³/mol. The molecule has 6 nitrogen and oxygen atoms in total. The molecule has 1 aromatic heterocycles. The van der Waals surface area contributed by atoms with Crippen LogP contribution in [0.25, 0.3) is 0 Å². The normalized spacial score (nSPS) is 19.8. The summed E-state index contributed by atoms with van der Waals surface area (Å²) in [5.41, 5.74) is 1.24. The molecule has 2 aliphatic heterocycles. The van der Waals surface area contributed by atoms with Crippen molar-refractivity contribution in [2.24, 2.45) is 0 Å². The topological polar surface area (TPSA) is 64.4 Å². The predicted octanol–water partition coefficient (Wildman–Crippen LogP) is 3.52. The first kappa shape index (κ1) is 20.4. The maximum atomic E-state index is 13.7. The van der Waals surface area contributed by atoms with Crippen LogP contribution in [-0.4, -0.2) is 40.3 Å². The van der Waals surface area contributed by atoms with Crippen molar-refractivity contribution >= 4 is 5.91 Å². The molecule has 3 aromatic rings. The Morgan fingerprint density at radius 1 is 1.00 bits per heavy atom. The number of hydrogen-bond donors (Lipinski definition) is 0. The molecule has 0 bridgehead atoms. The Morgan fingerprint density at radius 2 is 1.59 bits per heavy atom. The van der Waals surface area contributed by atoms with Gasteiger partial charge in [-0.05, 0) is 48.2 Å². The number of rotatable bonds is 4. The van der Waals surface area contributed by atoms with E-state index in [2.05, 4.69) is 5.10 Å². The van der Waals surface area contributed by atoms with Crippen LogP contribution in [0, 0.1) is 11.6 Å². The molecule has 1 saturated heterocycles. The molecule has 0 unspecified atom stereocenters. The highest BCUT2D eigenvalue weighted by atomic mass is 19.1. The third-order valence-corrected chi connectivity index (χ3v) is 6.41. The van der Waals surface area contributed by atoms with Gasteiger partial charge in [0.2, 0.25) is 5.43 Å². The zero-order valence-electron chi connectivity index (χ0n) is 17.4. The monoisotopic (exact) mass is 437 g/mol. The summed E-state index contributed by atoms with van der Waals surface area (Å²) in [7, 11) is 1.35. The van der Waals surface area contributed by atoms with E-state index in [1.165, 1.54) is 31.4 Å². The van der Waals surface area contributed by atoms with Gasteiger partial charge in [0, 0.05) is 12.5 Å². The molecule has 164 valence electrons. The summed E-state index contributed by atoms with van der Waals surface area (Å²) in [4.78, 5) is 27.5. The Bertz CT molecular complexity index is 1180. The van der Waals surface area contributed by atoms with Gasteiger partial charge in [-0.2, -0.15) is 5.10 Å². The van der Waals surface area contributed by atoms with E-state index in [0.29, 0.717) is 6.54 Å². The summed E-state index contributed by atoms with van der Waals surface area (Å²) in [6.07, 6.45) is 2.72. The third kappa shape index (κ3) is 3.18. The number of amides is 1. The van der Waals surface area contributed by atoms with Crippen LogP contribution in [-0.2, 0) is 0 Å². The van der Waals surface area contributed by atoms with Crippen LogP contribution < -0.4 is 10.2 Å². The number of carbonyl (C=O) groups is 1. The van der Waals surface area contributed by atoms with Gasteiger partial charge in [-0.1, -0.05) is 24.3 Å². The molecule has 5 rings (SSSR count). The summed E-state index contributed by atoms with van der Waals surface area (Å²) in [6.45, 7) is 0.561. The molecule has 0 saturated carbocycles. The minimum absolute atomic E-state index is 0.0442. The fraction of sp³-hybridized carbons (Fsp3) is 0.292. The van der Waals surface area contributed by atoms with Crippen molar-refractivity contribution in [2.75, 3.05) is 13.7 Å². The molecule has 2 aromatic carbocycles. The number of benzene rings is 2. The Morgan fingerprint density at radius 3 is 2.16 bits per heavy atom. The Kier molecular flexibility index (Phi) is 5.00. The van der Waals surface area contributed by atoms with Crippen LogP contribution >= 0.6 is 0 Å². The summed E-state index contributed by atoms with van der Waals surface area (Å²) in [5, 5.41) is 4.36. The molecule has 0 spiro atoms. The molecule has 8 heteroatoms. The maximum absolute atomic E-state index is 13.7. The van der Waals surface area contributed by atoms with Crippen molar-refractivity contribution in [3.8, 4) is 5.75 Å². The fourth-order valence-corrected chi connectivity index (χ4v) is 5.06. The number of ether oxygens (including phenoxy) is 1. The quantitative estimate of drug-likeness (QED) is 0.627. The number of halogens is 2. The second kappa shape index (κ2) is 7.85. The molecule has 0 radical (unpaired) electrons. The Hall–Kier alpha value is -3.55. The van der Waals surface area contributed by atoms with Crippen LogP contribution in [0.3, 0.4) is 0 Å². The van der Waals surface area contributed by atoms with Crippen molar-refractivity contribution in [1.29, 1.82) is 0 Å². The second-order valence-corrected chi connectivity index (χ2v) is 8.11. The van der Waals surface area contributed by atoms with E-state index in [1.54, 1.807) is 33.8 Å².